The minimum atomic E-state index is -0.502. The van der Waals surface area contributed by atoms with E-state index in [9.17, 15) is 9.59 Å². The molecule has 2 amide bonds. The molecule has 0 aromatic heterocycles. The maximum Gasteiger partial charge on any atom is 0.248 e. The molecule has 3 fully saturated rings. The monoisotopic (exact) mass is 369 g/mol. The van der Waals surface area contributed by atoms with E-state index < -0.39 is 5.54 Å². The molecule has 0 bridgehead atoms. The number of nitrogens with one attached hydrogen (secondary N) is 1. The Morgan fingerprint density at radius 3 is 2.48 bits per heavy atom. The molecule has 5 heteroatoms. The predicted octanol–water partition coefficient (Wildman–Crippen LogP) is 3.27. The third-order valence-corrected chi connectivity index (χ3v) is 6.76. The zero-order valence-corrected chi connectivity index (χ0v) is 16.4. The lowest BCUT2D eigenvalue weighted by molar-refractivity contribution is -0.138. The number of amides is 2. The second-order valence-electron chi connectivity index (χ2n) is 8.58. The number of carbonyl (C=O) groups is 2. The Kier molecular flexibility index (Phi) is 4.87. The highest BCUT2D eigenvalue weighted by Gasteiger charge is 2.54. The first-order valence-electron chi connectivity index (χ1n) is 10.5. The molecular formula is C22H31N3O2. The lowest BCUT2D eigenvalue weighted by atomic mass is 9.85. The Morgan fingerprint density at radius 2 is 1.78 bits per heavy atom. The molecule has 1 aliphatic carbocycles. The molecule has 0 radical (unpaired) electrons. The van der Waals surface area contributed by atoms with E-state index in [1.54, 1.807) is 0 Å². The summed E-state index contributed by atoms with van der Waals surface area (Å²) in [6.07, 6.45) is 6.62. The summed E-state index contributed by atoms with van der Waals surface area (Å²) in [5.41, 5.74) is 0.183. The number of carbonyl (C=O) groups excluding carboxylic acids is 2. The zero-order valence-electron chi connectivity index (χ0n) is 16.4. The average molecular weight is 370 g/mol. The van der Waals surface area contributed by atoms with Crippen LogP contribution in [0.4, 0.5) is 5.69 Å². The molecule has 1 aromatic rings. The fraction of sp³-hybridized carbons (Fsp3) is 0.636. The molecule has 1 atom stereocenters. The van der Waals surface area contributed by atoms with E-state index in [2.05, 4.69) is 12.2 Å². The number of benzene rings is 1. The van der Waals surface area contributed by atoms with E-state index in [1.807, 2.05) is 40.1 Å². The van der Waals surface area contributed by atoms with Crippen LogP contribution in [0.15, 0.2) is 30.3 Å². The number of hydrogen-bond donors (Lipinski definition) is 1. The number of rotatable bonds is 5. The van der Waals surface area contributed by atoms with Gasteiger partial charge >= 0.3 is 0 Å². The molecular weight excluding hydrogens is 338 g/mol. The minimum Gasteiger partial charge on any atom is -0.371 e. The van der Waals surface area contributed by atoms with Crippen molar-refractivity contribution >= 4 is 17.5 Å². The van der Waals surface area contributed by atoms with Crippen LogP contribution in [0, 0.1) is 5.41 Å². The van der Waals surface area contributed by atoms with Gasteiger partial charge < -0.3 is 15.1 Å². The largest absolute Gasteiger partial charge is 0.371 e. The lowest BCUT2D eigenvalue weighted by Crippen LogP contribution is -2.52. The second kappa shape index (κ2) is 7.17. The van der Waals surface area contributed by atoms with Gasteiger partial charge in [-0.05, 0) is 44.2 Å². The van der Waals surface area contributed by atoms with Crippen LogP contribution in [0.3, 0.4) is 0 Å². The van der Waals surface area contributed by atoms with Crippen molar-refractivity contribution in [2.75, 3.05) is 31.5 Å². The average Bonchev–Trinajstić information content (AvgIpc) is 3.40. The van der Waals surface area contributed by atoms with Crippen LogP contribution in [0.5, 0.6) is 0 Å². The molecule has 146 valence electrons. The molecule has 2 saturated heterocycles. The van der Waals surface area contributed by atoms with Crippen LogP contribution in [0.1, 0.15) is 51.9 Å². The van der Waals surface area contributed by atoms with Gasteiger partial charge in [0, 0.05) is 31.9 Å². The van der Waals surface area contributed by atoms with E-state index in [4.69, 9.17) is 0 Å². The molecule has 1 spiro atoms. The molecule has 27 heavy (non-hydrogen) atoms. The summed E-state index contributed by atoms with van der Waals surface area (Å²) in [5.74, 6) is 0.471. The highest BCUT2D eigenvalue weighted by atomic mass is 16.2. The van der Waals surface area contributed by atoms with Crippen molar-refractivity contribution in [2.24, 2.45) is 5.41 Å². The van der Waals surface area contributed by atoms with Crippen LogP contribution in [-0.4, -0.2) is 53.3 Å². The third kappa shape index (κ3) is 3.21. The number of anilines is 1. The Hall–Kier alpha value is -2.04. The minimum absolute atomic E-state index is 0.197. The van der Waals surface area contributed by atoms with Gasteiger partial charge in [0.25, 0.3) is 0 Å². The lowest BCUT2D eigenvalue weighted by Gasteiger charge is -2.34. The van der Waals surface area contributed by atoms with E-state index in [0.717, 1.165) is 63.7 Å². The Morgan fingerprint density at radius 1 is 1.07 bits per heavy atom. The van der Waals surface area contributed by atoms with Gasteiger partial charge in [0.2, 0.25) is 11.8 Å². The predicted molar refractivity (Wildman–Crippen MR) is 106 cm³/mol. The molecule has 4 rings (SSSR count). The third-order valence-electron chi connectivity index (χ3n) is 6.76. The van der Waals surface area contributed by atoms with Crippen molar-refractivity contribution in [1.82, 2.24) is 9.80 Å². The Bertz CT molecular complexity index is 699. The number of para-hydroxylation sites is 1. The normalized spacial score (nSPS) is 26.9. The number of hydrogen-bond acceptors (Lipinski definition) is 3. The molecule has 1 aromatic carbocycles. The van der Waals surface area contributed by atoms with Crippen LogP contribution < -0.4 is 5.32 Å². The van der Waals surface area contributed by atoms with Crippen molar-refractivity contribution in [3.63, 3.8) is 0 Å². The first-order chi connectivity index (χ1) is 13.1. The fourth-order valence-corrected chi connectivity index (χ4v) is 5.27. The molecule has 1 saturated carbocycles. The highest BCUT2D eigenvalue weighted by molar-refractivity contribution is 5.92. The van der Waals surface area contributed by atoms with E-state index >= 15 is 0 Å². The van der Waals surface area contributed by atoms with E-state index in [-0.39, 0.29) is 17.2 Å². The molecule has 2 heterocycles. The summed E-state index contributed by atoms with van der Waals surface area (Å²) < 4.78 is 0. The maximum absolute atomic E-state index is 13.6. The quantitative estimate of drug-likeness (QED) is 0.867. The van der Waals surface area contributed by atoms with Crippen LogP contribution >= 0.6 is 0 Å². The van der Waals surface area contributed by atoms with Crippen LogP contribution in [-0.2, 0) is 9.59 Å². The SMILES string of the molecule is CCCN1CCC2(CCN(C(=O)C3(Nc4ccccc4)CCCC3)C2)C1=O. The summed E-state index contributed by atoms with van der Waals surface area (Å²) in [7, 11) is 0. The summed E-state index contributed by atoms with van der Waals surface area (Å²) in [5, 5.41) is 3.56. The number of likely N-dealkylation sites (tertiary alicyclic amines) is 2. The summed E-state index contributed by atoms with van der Waals surface area (Å²) in [6, 6.07) is 10.1. The summed E-state index contributed by atoms with van der Waals surface area (Å²) in [4.78, 5) is 30.5. The smallest absolute Gasteiger partial charge is 0.248 e. The highest BCUT2D eigenvalue weighted by Crippen LogP contribution is 2.43. The van der Waals surface area contributed by atoms with Gasteiger partial charge in [0.05, 0.1) is 5.41 Å². The Balaban J connectivity index is 1.50. The van der Waals surface area contributed by atoms with E-state index in [1.165, 1.54) is 0 Å². The van der Waals surface area contributed by atoms with Gasteiger partial charge in [-0.15, -0.1) is 0 Å². The number of nitrogens with zero attached hydrogens (tertiary/aromatic N) is 2. The van der Waals surface area contributed by atoms with Gasteiger partial charge in [-0.2, -0.15) is 0 Å². The van der Waals surface area contributed by atoms with Crippen molar-refractivity contribution < 1.29 is 9.59 Å². The maximum atomic E-state index is 13.6. The van der Waals surface area contributed by atoms with E-state index in [0.29, 0.717) is 13.1 Å². The van der Waals surface area contributed by atoms with Crippen molar-refractivity contribution in [3.8, 4) is 0 Å². The molecule has 2 aliphatic heterocycles. The van der Waals surface area contributed by atoms with Crippen LogP contribution in [0.2, 0.25) is 0 Å². The molecule has 3 aliphatic rings. The van der Waals surface area contributed by atoms with Gasteiger partial charge in [0.1, 0.15) is 5.54 Å². The van der Waals surface area contributed by atoms with Gasteiger partial charge in [-0.25, -0.2) is 0 Å². The first-order valence-corrected chi connectivity index (χ1v) is 10.5. The Labute approximate surface area is 162 Å². The fourth-order valence-electron chi connectivity index (χ4n) is 5.27. The standard InChI is InChI=1S/C22H31N3O2/c1-2-14-24-15-12-21(19(24)26)13-16-25(17-21)20(27)22(10-6-7-11-22)23-18-8-4-3-5-9-18/h3-5,8-9,23H,2,6-7,10-17H2,1H3. The molecule has 5 nitrogen and oxygen atoms in total. The van der Waals surface area contributed by atoms with Gasteiger partial charge in [0.15, 0.2) is 0 Å². The summed E-state index contributed by atoms with van der Waals surface area (Å²) >= 11 is 0. The molecule has 1 N–H and O–H groups in total. The van der Waals surface area contributed by atoms with Crippen molar-refractivity contribution in [3.05, 3.63) is 30.3 Å². The zero-order chi connectivity index (χ0) is 18.9. The van der Waals surface area contributed by atoms with Crippen LogP contribution in [0.25, 0.3) is 0 Å². The van der Waals surface area contributed by atoms with Crippen molar-refractivity contribution in [2.45, 2.75) is 57.4 Å². The first kappa shape index (κ1) is 18.3. The van der Waals surface area contributed by atoms with Crippen molar-refractivity contribution in [1.29, 1.82) is 0 Å². The van der Waals surface area contributed by atoms with Gasteiger partial charge in [-0.1, -0.05) is 38.0 Å². The van der Waals surface area contributed by atoms with Gasteiger partial charge in [-0.3, -0.25) is 9.59 Å². The summed E-state index contributed by atoms with van der Waals surface area (Å²) in [6.45, 7) is 5.11. The topological polar surface area (TPSA) is 52.6 Å². The molecule has 1 unspecified atom stereocenters. The second-order valence-corrected chi connectivity index (χ2v) is 8.58.